The van der Waals surface area contributed by atoms with E-state index in [1.54, 1.807) is 6.92 Å². The number of hydrogen-bond donors (Lipinski definition) is 7. The Morgan fingerprint density at radius 2 is 0.852 bits per heavy atom. The zero-order valence-corrected chi connectivity index (χ0v) is 37.0. The number of methoxy groups -OCH3 is 1. The van der Waals surface area contributed by atoms with Crippen molar-refractivity contribution >= 4 is 11.9 Å². The summed E-state index contributed by atoms with van der Waals surface area (Å²) < 4.78 is 46.1. The first-order valence-corrected chi connectivity index (χ1v) is 20.6. The van der Waals surface area contributed by atoms with Gasteiger partial charge in [0, 0.05) is 13.0 Å². The molecule has 0 spiro atoms. The monoisotopic (exact) mass is 864 g/mol. The fraction of sp³-hybridized carbons (Fsp3) is 0.682. The van der Waals surface area contributed by atoms with Gasteiger partial charge in [-0.1, -0.05) is 6.92 Å². The molecule has 0 radical (unpaired) electrons. The minimum absolute atomic E-state index is 0.329. The van der Waals surface area contributed by atoms with Crippen LogP contribution in [-0.4, -0.2) is 161 Å². The van der Waals surface area contributed by atoms with Gasteiger partial charge in [-0.2, -0.15) is 0 Å². The summed E-state index contributed by atoms with van der Waals surface area (Å²) in [5, 5.41) is 76.7. The Balaban J connectivity index is 1.29. The van der Waals surface area contributed by atoms with Gasteiger partial charge in [0.25, 0.3) is 0 Å². The Morgan fingerprint density at radius 1 is 0.459 bits per heavy atom. The summed E-state index contributed by atoms with van der Waals surface area (Å²) in [6, 6.07) is 0. The Labute approximate surface area is 356 Å². The van der Waals surface area contributed by atoms with Crippen LogP contribution < -0.4 is 0 Å². The van der Waals surface area contributed by atoms with Gasteiger partial charge >= 0.3 is 11.9 Å². The van der Waals surface area contributed by atoms with Gasteiger partial charge < -0.3 is 73.6 Å². The summed E-state index contributed by atoms with van der Waals surface area (Å²) in [4.78, 5) is 26.8. The number of carbonyl (C=O) groups excluding carboxylic acids is 2. The van der Waals surface area contributed by atoms with Crippen LogP contribution >= 0.6 is 0 Å². The Bertz CT molecular complexity index is 1860. The molecule has 0 saturated carbocycles. The van der Waals surface area contributed by atoms with Crippen molar-refractivity contribution in [1.29, 1.82) is 0 Å². The molecule has 3 aliphatic rings. The summed E-state index contributed by atoms with van der Waals surface area (Å²) >= 11 is 0. The van der Waals surface area contributed by atoms with E-state index in [1.807, 2.05) is 69.2 Å². The lowest BCUT2D eigenvalue weighted by molar-refractivity contribution is -0.362. The van der Waals surface area contributed by atoms with E-state index in [0.717, 1.165) is 55.6 Å². The van der Waals surface area contributed by atoms with Crippen molar-refractivity contribution in [2.24, 2.45) is 5.92 Å². The van der Waals surface area contributed by atoms with Crippen LogP contribution in [0.5, 0.6) is 0 Å². The van der Waals surface area contributed by atoms with Crippen molar-refractivity contribution in [3.63, 3.8) is 0 Å². The molecule has 0 amide bonds. The number of esters is 2. The highest BCUT2D eigenvalue weighted by molar-refractivity contribution is 5.94. The highest BCUT2D eigenvalue weighted by Gasteiger charge is 2.52. The number of aliphatic hydroxyl groups is 7. The average molecular weight is 865 g/mol. The SMILES string of the molecule is COC1OC(COC2OC(COC(=O)c3c(C)c(C)c(C)c(C)c3C)C(O)C(O)C2O)C(OC2OC(COC(=O)c3c(C)c(C)c(C)c(C)c3C)C(C)C(O)C2O)C(O)C1O. The van der Waals surface area contributed by atoms with E-state index in [1.165, 1.54) is 7.11 Å². The summed E-state index contributed by atoms with van der Waals surface area (Å²) in [5.74, 6) is -2.01. The smallest absolute Gasteiger partial charge is 0.338 e. The predicted molar refractivity (Wildman–Crippen MR) is 216 cm³/mol. The van der Waals surface area contributed by atoms with Crippen molar-refractivity contribution in [2.75, 3.05) is 26.9 Å². The van der Waals surface area contributed by atoms with Crippen LogP contribution in [0.25, 0.3) is 0 Å². The molecule has 2 aromatic rings. The van der Waals surface area contributed by atoms with Crippen molar-refractivity contribution in [3.05, 3.63) is 66.8 Å². The first-order chi connectivity index (χ1) is 28.5. The van der Waals surface area contributed by atoms with Gasteiger partial charge in [-0.3, -0.25) is 0 Å². The van der Waals surface area contributed by atoms with Crippen LogP contribution in [0.3, 0.4) is 0 Å². The minimum Gasteiger partial charge on any atom is -0.459 e. The van der Waals surface area contributed by atoms with Crippen molar-refractivity contribution in [1.82, 2.24) is 0 Å². The number of benzene rings is 2. The summed E-state index contributed by atoms with van der Waals surface area (Å²) in [6.45, 7) is 19.1. The van der Waals surface area contributed by atoms with Crippen LogP contribution in [0.2, 0.25) is 0 Å². The van der Waals surface area contributed by atoms with Gasteiger partial charge in [0.05, 0.1) is 23.8 Å². The molecule has 3 fully saturated rings. The van der Waals surface area contributed by atoms with Crippen molar-refractivity contribution < 1.29 is 83.2 Å². The average Bonchev–Trinajstić information content (AvgIpc) is 3.23. The molecule has 3 heterocycles. The Kier molecular flexibility index (Phi) is 15.8. The van der Waals surface area contributed by atoms with Crippen LogP contribution in [0.15, 0.2) is 0 Å². The Morgan fingerprint density at radius 3 is 1.33 bits per heavy atom. The van der Waals surface area contributed by atoms with Gasteiger partial charge in [-0.15, -0.1) is 0 Å². The maximum absolute atomic E-state index is 13.4. The third-order valence-corrected chi connectivity index (χ3v) is 13.5. The molecule has 15 unspecified atom stereocenters. The third kappa shape index (κ3) is 9.55. The zero-order valence-electron chi connectivity index (χ0n) is 37.0. The molecule has 0 bridgehead atoms. The predicted octanol–water partition coefficient (Wildman–Crippen LogP) is 1.17. The van der Waals surface area contributed by atoms with Gasteiger partial charge in [0.2, 0.25) is 0 Å². The second-order valence-electron chi connectivity index (χ2n) is 16.8. The van der Waals surface area contributed by atoms with Crippen LogP contribution in [-0.2, 0) is 37.9 Å². The van der Waals surface area contributed by atoms with Crippen LogP contribution in [0.1, 0.15) is 83.3 Å². The van der Waals surface area contributed by atoms with Gasteiger partial charge in [0.1, 0.15) is 74.3 Å². The molecule has 0 aliphatic carbocycles. The zero-order chi connectivity index (χ0) is 45.5. The molecule has 3 aliphatic heterocycles. The minimum atomic E-state index is -1.81. The van der Waals surface area contributed by atoms with Crippen LogP contribution in [0, 0.1) is 75.2 Å². The molecule has 0 aromatic heterocycles. The van der Waals surface area contributed by atoms with Gasteiger partial charge in [-0.05, 0) is 125 Å². The molecule has 2 aromatic carbocycles. The molecule has 3 saturated heterocycles. The lowest BCUT2D eigenvalue weighted by atomic mass is 9.89. The standard InChI is InChI=1S/C44H64O17/c1-16-18(3)22(7)30(23(8)19(16)4)40(52)55-13-27-26(11)32(45)36(49)44(58-27)61-39-29(60-42(54-12)38(51)35(39)48)15-57-43-37(50)34(47)33(46)28(59-43)14-56-41(53)31-24(9)20(5)17(2)21(6)25(31)10/h26-29,32-39,42-51H,13-15H2,1-12H3. The lowest BCUT2D eigenvalue weighted by Crippen LogP contribution is -2.64. The largest absolute Gasteiger partial charge is 0.459 e. The molecule has 7 N–H and O–H groups in total. The molecule has 15 atom stereocenters. The normalized spacial score (nSPS) is 34.3. The van der Waals surface area contributed by atoms with E-state index < -0.39 is 117 Å². The highest BCUT2D eigenvalue weighted by Crippen LogP contribution is 2.34. The summed E-state index contributed by atoms with van der Waals surface area (Å²) in [7, 11) is 1.22. The number of carbonyl (C=O) groups is 2. The molecule has 342 valence electrons. The summed E-state index contributed by atoms with van der Waals surface area (Å²) in [6.07, 6.45) is -21.8. The molecule has 61 heavy (non-hydrogen) atoms. The first kappa shape index (κ1) is 48.9. The molecule has 17 heteroatoms. The van der Waals surface area contributed by atoms with Gasteiger partial charge in [-0.25, -0.2) is 9.59 Å². The molecule has 5 rings (SSSR count). The van der Waals surface area contributed by atoms with E-state index in [4.69, 9.17) is 37.9 Å². The second kappa shape index (κ2) is 19.7. The maximum Gasteiger partial charge on any atom is 0.338 e. The third-order valence-electron chi connectivity index (χ3n) is 13.5. The molecular formula is C44H64O17. The van der Waals surface area contributed by atoms with Gasteiger partial charge in [0.15, 0.2) is 18.9 Å². The lowest BCUT2D eigenvalue weighted by Gasteiger charge is -2.47. The van der Waals surface area contributed by atoms with E-state index in [2.05, 4.69) is 0 Å². The summed E-state index contributed by atoms with van der Waals surface area (Å²) in [5.41, 5.74) is 9.72. The fourth-order valence-electron chi connectivity index (χ4n) is 8.38. The van der Waals surface area contributed by atoms with E-state index >= 15 is 0 Å². The molecular weight excluding hydrogens is 800 g/mol. The topological polar surface area (TPSA) is 250 Å². The second-order valence-corrected chi connectivity index (χ2v) is 16.8. The number of rotatable bonds is 12. The quantitative estimate of drug-likeness (QED) is 0.148. The van der Waals surface area contributed by atoms with E-state index in [0.29, 0.717) is 11.1 Å². The van der Waals surface area contributed by atoms with Crippen molar-refractivity contribution in [3.8, 4) is 0 Å². The molecule has 17 nitrogen and oxygen atoms in total. The van der Waals surface area contributed by atoms with Crippen LogP contribution in [0.4, 0.5) is 0 Å². The van der Waals surface area contributed by atoms with E-state index in [-0.39, 0.29) is 6.61 Å². The maximum atomic E-state index is 13.4. The number of hydrogen-bond acceptors (Lipinski definition) is 17. The van der Waals surface area contributed by atoms with Crippen molar-refractivity contribution in [2.45, 2.75) is 162 Å². The fourth-order valence-corrected chi connectivity index (χ4v) is 8.38. The Hall–Kier alpha value is -3.14. The first-order valence-electron chi connectivity index (χ1n) is 20.6. The number of aliphatic hydroxyl groups excluding tert-OH is 7. The van der Waals surface area contributed by atoms with E-state index in [9.17, 15) is 45.3 Å². The highest BCUT2D eigenvalue weighted by atomic mass is 16.8. The number of ether oxygens (including phenoxy) is 8.